The van der Waals surface area contributed by atoms with E-state index in [1.807, 2.05) is 0 Å². The first-order chi connectivity index (χ1) is 6.61. The van der Waals surface area contributed by atoms with Crippen LogP contribution in [0.15, 0.2) is 6.20 Å². The zero-order valence-electron chi connectivity index (χ0n) is 7.43. The summed E-state index contributed by atoms with van der Waals surface area (Å²) in [5.41, 5.74) is 0.467. The Morgan fingerprint density at radius 2 is 2.29 bits per heavy atom. The van der Waals surface area contributed by atoms with E-state index in [-0.39, 0.29) is 11.1 Å². The number of carbonyl (C=O) groups is 1. The number of rotatable bonds is 3. The van der Waals surface area contributed by atoms with E-state index in [0.717, 1.165) is 0 Å². The molecule has 0 spiro atoms. The van der Waals surface area contributed by atoms with Crippen molar-refractivity contribution in [1.82, 2.24) is 4.98 Å². The molecule has 0 bridgehead atoms. The van der Waals surface area contributed by atoms with E-state index in [4.69, 9.17) is 0 Å². The molecule has 5 heteroatoms. The van der Waals surface area contributed by atoms with Crippen LogP contribution in [0.5, 0.6) is 0 Å². The van der Waals surface area contributed by atoms with E-state index in [1.165, 1.54) is 13.1 Å². The lowest BCUT2D eigenvalue weighted by Gasteiger charge is -2.09. The van der Waals surface area contributed by atoms with Gasteiger partial charge in [-0.3, -0.25) is 9.78 Å². The summed E-state index contributed by atoms with van der Waals surface area (Å²) in [6.07, 6.45) is -0.862. The minimum absolute atomic E-state index is 0.00289. The van der Waals surface area contributed by atoms with Gasteiger partial charge >= 0.3 is 0 Å². The molecule has 0 saturated carbocycles. The van der Waals surface area contributed by atoms with Gasteiger partial charge in [0.2, 0.25) is 0 Å². The van der Waals surface area contributed by atoms with Crippen molar-refractivity contribution in [2.45, 2.75) is 18.7 Å². The van der Waals surface area contributed by atoms with Crippen LogP contribution in [0.25, 0.3) is 0 Å². The first-order valence-electron chi connectivity index (χ1n) is 3.89. The minimum atomic E-state index is -2.64. The number of aldehydes is 1. The smallest absolute Gasteiger partial charge is 0.264 e. The molecule has 0 saturated heterocycles. The molecule has 1 aromatic rings. The molecule has 76 valence electrons. The van der Waals surface area contributed by atoms with Gasteiger partial charge in [0, 0.05) is 22.7 Å². The molecule has 2 nitrogen and oxygen atoms in total. The largest absolute Gasteiger partial charge is 0.298 e. The Kier molecular flexibility index (Phi) is 3.69. The number of alkyl halides is 3. The fourth-order valence-corrected chi connectivity index (χ4v) is 1.66. The second-order valence-corrected chi connectivity index (χ2v) is 3.33. The van der Waals surface area contributed by atoms with Crippen LogP contribution in [0, 0.1) is 6.92 Å². The maximum Gasteiger partial charge on any atom is 0.264 e. The average molecular weight is 264 g/mol. The van der Waals surface area contributed by atoms with Gasteiger partial charge in [-0.2, -0.15) is 0 Å². The third kappa shape index (κ3) is 1.97. The molecule has 0 atom stereocenters. The number of halogens is 3. The molecular weight excluding hydrogens is 256 g/mol. The molecular formula is C9H8BrF2NO. The molecule has 0 unspecified atom stereocenters. The maximum absolute atomic E-state index is 12.6. The third-order valence-electron chi connectivity index (χ3n) is 1.90. The molecule has 0 aliphatic heterocycles. The quantitative estimate of drug-likeness (QED) is 0.620. The van der Waals surface area contributed by atoms with Gasteiger partial charge in [-0.1, -0.05) is 15.9 Å². The molecule has 1 aromatic heterocycles. The summed E-state index contributed by atoms with van der Waals surface area (Å²) >= 11 is 3.09. The predicted molar refractivity (Wildman–Crippen MR) is 51.9 cm³/mol. The van der Waals surface area contributed by atoms with E-state index in [0.29, 0.717) is 22.9 Å². The second-order valence-electron chi connectivity index (χ2n) is 2.77. The highest BCUT2D eigenvalue weighted by Gasteiger charge is 2.18. The molecule has 0 fully saturated rings. The van der Waals surface area contributed by atoms with Gasteiger partial charge in [-0.15, -0.1) is 0 Å². The topological polar surface area (TPSA) is 30.0 Å². The van der Waals surface area contributed by atoms with Crippen molar-refractivity contribution in [3.05, 3.63) is 28.6 Å². The summed E-state index contributed by atoms with van der Waals surface area (Å²) in [6.45, 7) is 1.51. The first-order valence-corrected chi connectivity index (χ1v) is 5.01. The van der Waals surface area contributed by atoms with Crippen molar-refractivity contribution in [2.24, 2.45) is 0 Å². The van der Waals surface area contributed by atoms with Crippen molar-refractivity contribution >= 4 is 22.2 Å². The Balaban J connectivity index is 3.42. The van der Waals surface area contributed by atoms with Crippen LogP contribution in [-0.4, -0.2) is 11.3 Å². The lowest BCUT2D eigenvalue weighted by molar-refractivity contribution is 0.110. The van der Waals surface area contributed by atoms with E-state index in [2.05, 4.69) is 20.9 Å². The number of nitrogens with zero attached hydrogens (tertiary/aromatic N) is 1. The Labute approximate surface area is 88.5 Å². The Morgan fingerprint density at radius 3 is 2.71 bits per heavy atom. The molecule has 1 rings (SSSR count). The van der Waals surface area contributed by atoms with Crippen LogP contribution in [0.3, 0.4) is 0 Å². The highest BCUT2D eigenvalue weighted by atomic mass is 79.9. The van der Waals surface area contributed by atoms with E-state index in [9.17, 15) is 13.6 Å². The molecule has 0 aliphatic carbocycles. The summed E-state index contributed by atoms with van der Waals surface area (Å²) in [5, 5.41) is 0.293. The highest BCUT2D eigenvalue weighted by molar-refractivity contribution is 9.08. The highest BCUT2D eigenvalue weighted by Crippen LogP contribution is 2.27. The van der Waals surface area contributed by atoms with Crippen LogP contribution < -0.4 is 0 Å². The standard InChI is InChI=1S/C9H8BrF2NO/c1-5-3-13-7(2-10)6(4-14)8(5)9(11)12/h3-4,9H,2H2,1H3. The number of hydrogen-bond acceptors (Lipinski definition) is 2. The van der Waals surface area contributed by atoms with Gasteiger partial charge < -0.3 is 0 Å². The van der Waals surface area contributed by atoms with E-state index in [1.54, 1.807) is 0 Å². The van der Waals surface area contributed by atoms with Gasteiger partial charge in [0.15, 0.2) is 6.29 Å². The Bertz CT molecular complexity index is 355. The van der Waals surface area contributed by atoms with Crippen LogP contribution in [0.2, 0.25) is 0 Å². The Morgan fingerprint density at radius 1 is 1.64 bits per heavy atom. The summed E-state index contributed by atoms with van der Waals surface area (Å²) in [4.78, 5) is 14.6. The number of carbonyl (C=O) groups excluding carboxylic acids is 1. The lowest BCUT2D eigenvalue weighted by atomic mass is 10.0. The van der Waals surface area contributed by atoms with Crippen molar-refractivity contribution in [3.8, 4) is 0 Å². The average Bonchev–Trinajstić information content (AvgIpc) is 2.16. The third-order valence-corrected chi connectivity index (χ3v) is 2.43. The van der Waals surface area contributed by atoms with Crippen molar-refractivity contribution in [2.75, 3.05) is 0 Å². The molecule has 0 aliphatic rings. The Hall–Kier alpha value is -0.840. The zero-order chi connectivity index (χ0) is 10.7. The number of pyridine rings is 1. The van der Waals surface area contributed by atoms with E-state index >= 15 is 0 Å². The fraction of sp³-hybridized carbons (Fsp3) is 0.333. The SMILES string of the molecule is Cc1cnc(CBr)c(C=O)c1C(F)F. The van der Waals surface area contributed by atoms with Crippen LogP contribution >= 0.6 is 15.9 Å². The summed E-state index contributed by atoms with van der Waals surface area (Å²) in [5.74, 6) is 0. The fourth-order valence-electron chi connectivity index (χ4n) is 1.21. The van der Waals surface area contributed by atoms with Gasteiger partial charge in [-0.05, 0) is 12.5 Å². The van der Waals surface area contributed by atoms with Gasteiger partial charge in [0.25, 0.3) is 6.43 Å². The number of aromatic nitrogens is 1. The second kappa shape index (κ2) is 4.59. The molecule has 0 radical (unpaired) electrons. The number of aryl methyl sites for hydroxylation is 1. The van der Waals surface area contributed by atoms with Gasteiger partial charge in [0.1, 0.15) is 0 Å². The molecule has 0 aromatic carbocycles. The van der Waals surface area contributed by atoms with Gasteiger partial charge in [-0.25, -0.2) is 8.78 Å². The zero-order valence-corrected chi connectivity index (χ0v) is 9.01. The summed E-state index contributed by atoms with van der Waals surface area (Å²) in [6, 6.07) is 0. The van der Waals surface area contributed by atoms with Gasteiger partial charge in [0.05, 0.1) is 5.69 Å². The van der Waals surface area contributed by atoms with Crippen LogP contribution in [-0.2, 0) is 5.33 Å². The molecule has 0 amide bonds. The van der Waals surface area contributed by atoms with Crippen molar-refractivity contribution in [3.63, 3.8) is 0 Å². The van der Waals surface area contributed by atoms with Crippen molar-refractivity contribution in [1.29, 1.82) is 0 Å². The molecule has 0 N–H and O–H groups in total. The lowest BCUT2D eigenvalue weighted by Crippen LogP contribution is -2.03. The molecule has 14 heavy (non-hydrogen) atoms. The van der Waals surface area contributed by atoms with Crippen molar-refractivity contribution < 1.29 is 13.6 Å². The normalized spacial score (nSPS) is 10.6. The minimum Gasteiger partial charge on any atom is -0.298 e. The monoisotopic (exact) mass is 263 g/mol. The predicted octanol–water partition coefficient (Wildman–Crippen LogP) is 3.04. The summed E-state index contributed by atoms with van der Waals surface area (Å²) < 4.78 is 25.2. The van der Waals surface area contributed by atoms with Crippen LogP contribution in [0.1, 0.15) is 33.6 Å². The van der Waals surface area contributed by atoms with E-state index < -0.39 is 6.43 Å². The maximum atomic E-state index is 12.6. The summed E-state index contributed by atoms with van der Waals surface area (Å²) in [7, 11) is 0. The first kappa shape index (κ1) is 11.2. The number of hydrogen-bond donors (Lipinski definition) is 0. The molecule has 1 heterocycles. The van der Waals surface area contributed by atoms with Crippen LogP contribution in [0.4, 0.5) is 8.78 Å².